The lowest BCUT2D eigenvalue weighted by Crippen LogP contribution is -2.17. The van der Waals surface area contributed by atoms with Gasteiger partial charge in [-0.05, 0) is 49.5 Å². The third-order valence-corrected chi connectivity index (χ3v) is 4.69. The number of nitro benzene ring substituents is 1. The molecular weight excluding hydrogens is 266 g/mol. The number of nitrogens with one attached hydrogen (secondary N) is 2. The molecule has 21 heavy (non-hydrogen) atoms. The van der Waals surface area contributed by atoms with Crippen LogP contribution in [0.1, 0.15) is 39.0 Å². The zero-order chi connectivity index (χ0) is 14.9. The van der Waals surface area contributed by atoms with E-state index in [9.17, 15) is 10.1 Å². The maximum Gasteiger partial charge on any atom is 0.273 e. The number of nitro groups is 1. The first kappa shape index (κ1) is 14.2. The molecule has 2 aliphatic carbocycles. The van der Waals surface area contributed by atoms with Crippen molar-refractivity contribution in [2.75, 3.05) is 23.7 Å². The van der Waals surface area contributed by atoms with Crippen LogP contribution in [0.4, 0.5) is 17.1 Å². The Morgan fingerprint density at radius 3 is 2.43 bits per heavy atom. The molecule has 0 saturated heterocycles. The van der Waals surface area contributed by atoms with Gasteiger partial charge in [-0.3, -0.25) is 10.1 Å². The molecule has 2 fully saturated rings. The van der Waals surface area contributed by atoms with Crippen LogP contribution in [0.25, 0.3) is 0 Å². The lowest BCUT2D eigenvalue weighted by atomic mass is 10.0. The minimum Gasteiger partial charge on any atom is -0.385 e. The van der Waals surface area contributed by atoms with Gasteiger partial charge in [-0.25, -0.2) is 0 Å². The molecule has 5 heteroatoms. The van der Waals surface area contributed by atoms with Crippen LogP contribution in [-0.2, 0) is 0 Å². The van der Waals surface area contributed by atoms with Crippen molar-refractivity contribution < 1.29 is 4.92 Å². The lowest BCUT2D eigenvalue weighted by molar-refractivity contribution is -0.384. The number of non-ortho nitro benzene ring substituents is 1. The number of benzene rings is 1. The summed E-state index contributed by atoms with van der Waals surface area (Å²) in [6, 6.07) is 5.22. The van der Waals surface area contributed by atoms with E-state index < -0.39 is 0 Å². The smallest absolute Gasteiger partial charge is 0.273 e. The van der Waals surface area contributed by atoms with Crippen molar-refractivity contribution in [3.05, 3.63) is 28.3 Å². The third kappa shape index (κ3) is 3.28. The van der Waals surface area contributed by atoms with Crippen molar-refractivity contribution in [2.45, 2.75) is 39.0 Å². The summed E-state index contributed by atoms with van der Waals surface area (Å²) in [6.45, 7) is 3.86. The third-order valence-electron chi connectivity index (χ3n) is 4.69. The maximum atomic E-state index is 11.1. The van der Waals surface area contributed by atoms with Gasteiger partial charge in [0.25, 0.3) is 5.69 Å². The van der Waals surface area contributed by atoms with Crippen LogP contribution in [0.2, 0.25) is 0 Å². The van der Waals surface area contributed by atoms with E-state index in [2.05, 4.69) is 17.6 Å². The molecule has 0 aliphatic heterocycles. The van der Waals surface area contributed by atoms with Gasteiger partial charge in [-0.15, -0.1) is 0 Å². The van der Waals surface area contributed by atoms with E-state index in [1.165, 1.54) is 25.7 Å². The summed E-state index contributed by atoms with van der Waals surface area (Å²) >= 11 is 0. The summed E-state index contributed by atoms with van der Waals surface area (Å²) in [4.78, 5) is 10.7. The zero-order valence-corrected chi connectivity index (χ0v) is 12.5. The Bertz CT molecular complexity index is 536. The molecule has 0 unspecified atom stereocenters. The number of nitrogens with zero attached hydrogens (tertiary/aromatic N) is 1. The molecule has 0 amide bonds. The summed E-state index contributed by atoms with van der Waals surface area (Å²) in [5.74, 6) is 0.890. The Kier molecular flexibility index (Phi) is 3.74. The van der Waals surface area contributed by atoms with Crippen LogP contribution < -0.4 is 10.6 Å². The SMILES string of the molecule is CCCNc1cc(NCC2(C3CC3)CC2)cc([N+](=O)[O-])c1. The fraction of sp³-hybridized carbons (Fsp3) is 0.625. The minimum atomic E-state index is -0.323. The maximum absolute atomic E-state index is 11.1. The zero-order valence-electron chi connectivity index (χ0n) is 12.5. The van der Waals surface area contributed by atoms with E-state index in [1.807, 2.05) is 6.07 Å². The van der Waals surface area contributed by atoms with Gasteiger partial charge in [0.1, 0.15) is 0 Å². The summed E-state index contributed by atoms with van der Waals surface area (Å²) in [5, 5.41) is 17.7. The molecule has 5 nitrogen and oxygen atoms in total. The lowest BCUT2D eigenvalue weighted by Gasteiger charge is -2.16. The summed E-state index contributed by atoms with van der Waals surface area (Å²) in [7, 11) is 0. The number of anilines is 2. The largest absolute Gasteiger partial charge is 0.385 e. The van der Waals surface area contributed by atoms with Crippen molar-refractivity contribution in [3.63, 3.8) is 0 Å². The van der Waals surface area contributed by atoms with Crippen LogP contribution in [0, 0.1) is 21.4 Å². The van der Waals surface area contributed by atoms with E-state index in [4.69, 9.17) is 0 Å². The van der Waals surface area contributed by atoms with E-state index in [-0.39, 0.29) is 10.6 Å². The standard InChI is InChI=1S/C16H23N3O2/c1-2-7-17-13-8-14(10-15(9-13)19(20)21)18-11-16(5-6-16)12-3-4-12/h8-10,12,17-18H,2-7,11H2,1H3. The molecule has 0 spiro atoms. The second-order valence-electron chi connectivity index (χ2n) is 6.44. The molecule has 0 bridgehead atoms. The van der Waals surface area contributed by atoms with Gasteiger partial charge < -0.3 is 10.6 Å². The summed E-state index contributed by atoms with van der Waals surface area (Å²) < 4.78 is 0. The molecule has 0 heterocycles. The molecular formula is C16H23N3O2. The highest BCUT2D eigenvalue weighted by molar-refractivity contribution is 5.63. The Morgan fingerprint density at radius 2 is 1.90 bits per heavy atom. The molecule has 0 atom stereocenters. The number of hydrogen-bond donors (Lipinski definition) is 2. The topological polar surface area (TPSA) is 67.2 Å². The Hall–Kier alpha value is -1.78. The first-order chi connectivity index (χ1) is 10.1. The first-order valence-corrected chi connectivity index (χ1v) is 7.90. The van der Waals surface area contributed by atoms with Gasteiger partial charge >= 0.3 is 0 Å². The molecule has 2 N–H and O–H groups in total. The Balaban J connectivity index is 1.70. The highest BCUT2D eigenvalue weighted by Crippen LogP contribution is 2.61. The molecule has 114 valence electrons. The first-order valence-electron chi connectivity index (χ1n) is 7.90. The average Bonchev–Trinajstić information content (AvgIpc) is 3.35. The van der Waals surface area contributed by atoms with E-state index in [1.54, 1.807) is 12.1 Å². The molecule has 2 saturated carbocycles. The summed E-state index contributed by atoms with van der Waals surface area (Å²) in [6.07, 6.45) is 6.33. The van der Waals surface area contributed by atoms with Gasteiger partial charge in [0, 0.05) is 36.6 Å². The fourth-order valence-corrected chi connectivity index (χ4v) is 3.05. The highest BCUT2D eigenvalue weighted by Gasteiger charge is 2.53. The fourth-order valence-electron chi connectivity index (χ4n) is 3.05. The van der Waals surface area contributed by atoms with Crippen LogP contribution in [0.3, 0.4) is 0 Å². The second-order valence-corrected chi connectivity index (χ2v) is 6.44. The van der Waals surface area contributed by atoms with Gasteiger partial charge in [0.15, 0.2) is 0 Å². The number of hydrogen-bond acceptors (Lipinski definition) is 4. The Labute approximate surface area is 125 Å². The van der Waals surface area contributed by atoms with Crippen LogP contribution in [-0.4, -0.2) is 18.0 Å². The highest BCUT2D eigenvalue weighted by atomic mass is 16.6. The predicted octanol–water partition coefficient (Wildman–Crippen LogP) is 4.02. The Morgan fingerprint density at radius 1 is 1.24 bits per heavy atom. The molecule has 0 aromatic heterocycles. The molecule has 3 rings (SSSR count). The van der Waals surface area contributed by atoms with Crippen LogP contribution in [0.5, 0.6) is 0 Å². The average molecular weight is 289 g/mol. The van der Waals surface area contributed by atoms with Crippen molar-refractivity contribution in [3.8, 4) is 0 Å². The van der Waals surface area contributed by atoms with Crippen molar-refractivity contribution in [2.24, 2.45) is 11.3 Å². The molecule has 1 aromatic rings. The number of rotatable bonds is 8. The van der Waals surface area contributed by atoms with Gasteiger partial charge in [-0.2, -0.15) is 0 Å². The predicted molar refractivity (Wildman–Crippen MR) is 84.8 cm³/mol. The van der Waals surface area contributed by atoms with Crippen molar-refractivity contribution in [1.82, 2.24) is 0 Å². The normalized spacial score (nSPS) is 19.1. The minimum absolute atomic E-state index is 0.148. The van der Waals surface area contributed by atoms with E-state index in [0.29, 0.717) is 5.41 Å². The van der Waals surface area contributed by atoms with Crippen molar-refractivity contribution >= 4 is 17.1 Å². The van der Waals surface area contributed by atoms with Gasteiger partial charge in [0.2, 0.25) is 0 Å². The van der Waals surface area contributed by atoms with E-state index >= 15 is 0 Å². The molecule has 1 aromatic carbocycles. The van der Waals surface area contributed by atoms with Gasteiger partial charge in [0.05, 0.1) is 4.92 Å². The monoisotopic (exact) mass is 289 g/mol. The van der Waals surface area contributed by atoms with Crippen LogP contribution in [0.15, 0.2) is 18.2 Å². The van der Waals surface area contributed by atoms with Crippen LogP contribution >= 0.6 is 0 Å². The van der Waals surface area contributed by atoms with Gasteiger partial charge in [-0.1, -0.05) is 6.92 Å². The van der Waals surface area contributed by atoms with E-state index in [0.717, 1.165) is 36.8 Å². The second kappa shape index (κ2) is 5.54. The van der Waals surface area contributed by atoms with Crippen molar-refractivity contribution in [1.29, 1.82) is 0 Å². The quantitative estimate of drug-likeness (QED) is 0.560. The summed E-state index contributed by atoms with van der Waals surface area (Å²) in [5.41, 5.74) is 2.32. The molecule has 0 radical (unpaired) electrons. The molecule has 2 aliphatic rings.